The van der Waals surface area contributed by atoms with Crippen LogP contribution in [-0.2, 0) is 14.3 Å². The molecule has 10 nitrogen and oxygen atoms in total. The molecule has 0 saturated carbocycles. The monoisotopic (exact) mass is 391 g/mol. The average molecular weight is 391 g/mol. The molecule has 2 aromatic rings. The van der Waals surface area contributed by atoms with Crippen LogP contribution in [0.3, 0.4) is 0 Å². The zero-order valence-corrected chi connectivity index (χ0v) is 15.5. The van der Waals surface area contributed by atoms with E-state index in [0.29, 0.717) is 24.6 Å². The molecule has 2 N–H and O–H groups in total. The highest BCUT2D eigenvalue weighted by Gasteiger charge is 2.20. The molecule has 2 rings (SSSR count). The maximum atomic E-state index is 12.4. The van der Waals surface area contributed by atoms with Crippen molar-refractivity contribution in [3.05, 3.63) is 58.0 Å². The number of anilines is 1. The van der Waals surface area contributed by atoms with Gasteiger partial charge in [-0.1, -0.05) is 0 Å². The average Bonchev–Trinajstić information content (AvgIpc) is 3.21. The van der Waals surface area contributed by atoms with Gasteiger partial charge in [-0.15, -0.1) is 0 Å². The van der Waals surface area contributed by atoms with Crippen LogP contribution in [0, 0.1) is 10.1 Å². The van der Waals surface area contributed by atoms with Crippen molar-refractivity contribution in [1.82, 2.24) is 5.32 Å². The van der Waals surface area contributed by atoms with Crippen LogP contribution >= 0.6 is 0 Å². The van der Waals surface area contributed by atoms with Crippen LogP contribution in [0.1, 0.15) is 29.1 Å². The van der Waals surface area contributed by atoms with Gasteiger partial charge in [0.15, 0.2) is 6.61 Å². The first-order chi connectivity index (χ1) is 13.4. The summed E-state index contributed by atoms with van der Waals surface area (Å²) in [5.41, 5.74) is 0.0364. The summed E-state index contributed by atoms with van der Waals surface area (Å²) in [6.45, 7) is 1.94. The van der Waals surface area contributed by atoms with Crippen LogP contribution in [0.2, 0.25) is 0 Å². The van der Waals surface area contributed by atoms with Crippen molar-refractivity contribution in [2.24, 2.45) is 0 Å². The number of hydrogen-bond donors (Lipinski definition) is 2. The Balaban J connectivity index is 2.01. The van der Waals surface area contributed by atoms with Gasteiger partial charge < -0.3 is 24.5 Å². The number of methoxy groups -OCH3 is 1. The zero-order chi connectivity index (χ0) is 20.5. The van der Waals surface area contributed by atoms with Crippen LogP contribution in [0.4, 0.5) is 11.4 Å². The fraction of sp³-hybridized carbons (Fsp3) is 0.333. The molecule has 150 valence electrons. The van der Waals surface area contributed by atoms with Gasteiger partial charge in [-0.05, 0) is 25.1 Å². The van der Waals surface area contributed by atoms with Crippen LogP contribution in [0.15, 0.2) is 41.0 Å². The summed E-state index contributed by atoms with van der Waals surface area (Å²) in [6.07, 6.45) is 1.48. The Morgan fingerprint density at radius 1 is 1.32 bits per heavy atom. The number of benzene rings is 1. The molecule has 1 amide bonds. The predicted octanol–water partition coefficient (Wildman–Crippen LogP) is 2.28. The molecule has 0 fully saturated rings. The number of non-ortho nitro benzene ring substituents is 1. The van der Waals surface area contributed by atoms with Crippen molar-refractivity contribution < 1.29 is 28.4 Å². The molecule has 1 aromatic carbocycles. The fourth-order valence-corrected chi connectivity index (χ4v) is 2.36. The number of nitrogens with one attached hydrogen (secondary N) is 2. The van der Waals surface area contributed by atoms with E-state index < -0.39 is 29.4 Å². The number of ether oxygens (including phenoxy) is 2. The quantitative estimate of drug-likeness (QED) is 0.273. The molecule has 0 aliphatic rings. The van der Waals surface area contributed by atoms with Crippen LogP contribution in [-0.4, -0.2) is 43.7 Å². The lowest BCUT2D eigenvalue weighted by atomic mass is 10.1. The van der Waals surface area contributed by atoms with Crippen molar-refractivity contribution >= 4 is 23.3 Å². The highest BCUT2D eigenvalue weighted by molar-refractivity contribution is 5.97. The predicted molar refractivity (Wildman–Crippen MR) is 99.0 cm³/mol. The Morgan fingerprint density at radius 2 is 2.11 bits per heavy atom. The van der Waals surface area contributed by atoms with Gasteiger partial charge >= 0.3 is 5.97 Å². The number of nitro groups is 1. The third-order valence-corrected chi connectivity index (χ3v) is 3.74. The van der Waals surface area contributed by atoms with Gasteiger partial charge in [0.25, 0.3) is 11.6 Å². The summed E-state index contributed by atoms with van der Waals surface area (Å²) in [5, 5.41) is 16.6. The second-order valence-corrected chi connectivity index (χ2v) is 5.79. The normalized spacial score (nSPS) is 11.5. The van der Waals surface area contributed by atoms with Crippen molar-refractivity contribution in [1.29, 1.82) is 0 Å². The number of rotatable bonds is 10. The molecule has 1 heterocycles. The number of nitrogens with zero attached hydrogens (tertiary/aromatic N) is 1. The zero-order valence-electron chi connectivity index (χ0n) is 15.5. The Kier molecular flexibility index (Phi) is 7.52. The number of esters is 1. The smallest absolute Gasteiger partial charge is 0.341 e. The van der Waals surface area contributed by atoms with Crippen LogP contribution < -0.4 is 10.6 Å². The maximum Gasteiger partial charge on any atom is 0.341 e. The molecular formula is C18H21N3O7. The first-order valence-electron chi connectivity index (χ1n) is 8.43. The standard InChI is InChI=1S/C18H21N3O7/c1-12(16-4-3-8-27-16)20-17(22)11-28-18(23)14-10-13(21(24)25)5-6-15(14)19-7-9-26-2/h3-6,8,10,12,19H,7,9,11H2,1-2H3,(H,20,22)/t12-/m0/s1. The minimum Gasteiger partial charge on any atom is -0.467 e. The van der Waals surface area contributed by atoms with Gasteiger partial charge in [0, 0.05) is 31.5 Å². The number of hydrogen-bond acceptors (Lipinski definition) is 8. The molecule has 0 saturated heterocycles. The molecule has 0 radical (unpaired) electrons. The minimum absolute atomic E-state index is 0.0443. The number of carbonyl (C=O) groups excluding carboxylic acids is 2. The van der Waals surface area contributed by atoms with E-state index in [1.807, 2.05) is 0 Å². The maximum absolute atomic E-state index is 12.4. The van der Waals surface area contributed by atoms with Crippen molar-refractivity contribution in [3.8, 4) is 0 Å². The highest BCUT2D eigenvalue weighted by atomic mass is 16.6. The summed E-state index contributed by atoms with van der Waals surface area (Å²) < 4.78 is 15.1. The van der Waals surface area contributed by atoms with Crippen molar-refractivity contribution in [2.45, 2.75) is 13.0 Å². The fourth-order valence-electron chi connectivity index (χ4n) is 2.36. The Labute approximate surface area is 161 Å². The molecule has 10 heteroatoms. The molecule has 28 heavy (non-hydrogen) atoms. The molecule has 0 bridgehead atoms. The summed E-state index contributed by atoms with van der Waals surface area (Å²) in [5.74, 6) is -0.830. The highest BCUT2D eigenvalue weighted by Crippen LogP contribution is 2.23. The van der Waals surface area contributed by atoms with Gasteiger partial charge in [0.05, 0.1) is 29.4 Å². The Hall–Kier alpha value is -3.40. The van der Waals surface area contributed by atoms with Crippen LogP contribution in [0.5, 0.6) is 0 Å². The molecule has 1 aromatic heterocycles. The molecule has 0 spiro atoms. The Bertz CT molecular complexity index is 821. The molecule has 1 atom stereocenters. The van der Waals surface area contributed by atoms with Crippen LogP contribution in [0.25, 0.3) is 0 Å². The third-order valence-electron chi connectivity index (χ3n) is 3.74. The molecule has 0 aliphatic heterocycles. The summed E-state index contributed by atoms with van der Waals surface area (Å²) in [4.78, 5) is 34.7. The van der Waals surface area contributed by atoms with E-state index in [1.54, 1.807) is 19.1 Å². The summed E-state index contributed by atoms with van der Waals surface area (Å²) >= 11 is 0. The number of furan rings is 1. The number of amides is 1. The van der Waals surface area contributed by atoms with E-state index in [-0.39, 0.29) is 11.3 Å². The van der Waals surface area contributed by atoms with E-state index in [9.17, 15) is 19.7 Å². The van der Waals surface area contributed by atoms with E-state index in [0.717, 1.165) is 6.07 Å². The molecule has 0 aliphatic carbocycles. The Morgan fingerprint density at radius 3 is 2.75 bits per heavy atom. The van der Waals surface area contributed by atoms with Gasteiger partial charge in [-0.25, -0.2) is 4.79 Å². The van der Waals surface area contributed by atoms with E-state index in [4.69, 9.17) is 13.9 Å². The molecule has 0 unspecified atom stereocenters. The number of nitro benzene ring substituents is 1. The minimum atomic E-state index is -0.857. The first kappa shape index (κ1) is 20.9. The van der Waals surface area contributed by atoms with E-state index >= 15 is 0 Å². The summed E-state index contributed by atoms with van der Waals surface area (Å²) in [7, 11) is 1.52. The van der Waals surface area contributed by atoms with Gasteiger partial charge in [-0.3, -0.25) is 14.9 Å². The van der Waals surface area contributed by atoms with Gasteiger partial charge in [-0.2, -0.15) is 0 Å². The lowest BCUT2D eigenvalue weighted by Crippen LogP contribution is -2.31. The van der Waals surface area contributed by atoms with Gasteiger partial charge in [0.2, 0.25) is 0 Å². The largest absolute Gasteiger partial charge is 0.467 e. The lowest BCUT2D eigenvalue weighted by Gasteiger charge is -2.13. The SMILES string of the molecule is COCCNc1ccc([N+](=O)[O-])cc1C(=O)OCC(=O)N[C@@H](C)c1ccco1. The van der Waals surface area contributed by atoms with E-state index in [1.165, 1.54) is 25.5 Å². The number of carbonyl (C=O) groups is 2. The second-order valence-electron chi connectivity index (χ2n) is 5.79. The first-order valence-corrected chi connectivity index (χ1v) is 8.43. The van der Waals surface area contributed by atoms with E-state index in [2.05, 4.69) is 10.6 Å². The second kappa shape index (κ2) is 10.1. The third kappa shape index (κ3) is 5.81. The molecular weight excluding hydrogens is 370 g/mol. The van der Waals surface area contributed by atoms with Gasteiger partial charge in [0.1, 0.15) is 5.76 Å². The summed E-state index contributed by atoms with van der Waals surface area (Å²) in [6, 6.07) is 6.77. The lowest BCUT2D eigenvalue weighted by molar-refractivity contribution is -0.384. The van der Waals surface area contributed by atoms with Crippen molar-refractivity contribution in [3.63, 3.8) is 0 Å². The topological polar surface area (TPSA) is 133 Å². The van der Waals surface area contributed by atoms with Crippen molar-refractivity contribution in [2.75, 3.05) is 32.2 Å².